The predicted molar refractivity (Wildman–Crippen MR) is 124 cm³/mol. The second-order valence-corrected chi connectivity index (χ2v) is 15.9. The van der Waals surface area contributed by atoms with Gasteiger partial charge >= 0.3 is 30.4 Å². The van der Waals surface area contributed by atoms with E-state index in [1.54, 1.807) is 0 Å². The summed E-state index contributed by atoms with van der Waals surface area (Å²) < 4.78 is 48.6. The van der Waals surface area contributed by atoms with E-state index in [2.05, 4.69) is 6.92 Å². The third-order valence-corrected chi connectivity index (χ3v) is 13.4. The van der Waals surface area contributed by atoms with E-state index in [0.29, 0.717) is 12.8 Å². The van der Waals surface area contributed by atoms with Gasteiger partial charge in [0, 0.05) is 0 Å². The summed E-state index contributed by atoms with van der Waals surface area (Å²) in [6.07, 6.45) is 7.09. The lowest BCUT2D eigenvalue weighted by atomic mass is 10.1. The molecule has 0 aliphatic carbocycles. The van der Waals surface area contributed by atoms with E-state index in [4.69, 9.17) is 0 Å². The topological polar surface area (TPSA) is 233 Å². The highest BCUT2D eigenvalue weighted by Crippen LogP contribution is 2.76. The molecule has 0 amide bonds. The van der Waals surface area contributed by atoms with Gasteiger partial charge in [-0.2, -0.15) is 0 Å². The van der Waals surface area contributed by atoms with Gasteiger partial charge in [-0.1, -0.05) is 78.1 Å². The predicted octanol–water partition coefficient (Wildman–Crippen LogP) is 3.27. The molecule has 200 valence electrons. The van der Waals surface area contributed by atoms with E-state index in [9.17, 15) is 57.4 Å². The fourth-order valence-corrected chi connectivity index (χ4v) is 10.8. The maximum absolute atomic E-state index is 12.4. The molecule has 0 aliphatic rings. The third-order valence-electron chi connectivity index (χ3n) is 5.48. The van der Waals surface area contributed by atoms with Gasteiger partial charge in [-0.25, -0.2) is 0 Å². The van der Waals surface area contributed by atoms with E-state index in [-0.39, 0.29) is 11.3 Å². The van der Waals surface area contributed by atoms with Gasteiger partial charge in [0.05, 0.1) is 0 Å². The Morgan fingerprint density at radius 3 is 1.21 bits per heavy atom. The molecular weight excluding hydrogens is 522 g/mol. The van der Waals surface area contributed by atoms with Crippen molar-refractivity contribution >= 4 is 30.4 Å². The van der Waals surface area contributed by atoms with Crippen LogP contribution in [0, 0.1) is 0 Å². The monoisotopic (exact) mass is 561 g/mol. The third kappa shape index (κ3) is 9.85. The molecular formula is C16H39NO12P4. The average Bonchev–Trinajstić information content (AvgIpc) is 2.60. The van der Waals surface area contributed by atoms with Crippen LogP contribution in [0.25, 0.3) is 0 Å². The number of rotatable bonds is 18. The standard InChI is InChI=1S/C16H39NO12P4/c1-3-5-6-7-8-9-10-11-12-13-14-16(32(24,25)26,33(27,28)29)17(4-2)15(30(18,19)20)31(21,22)23/h15H,3-14H2,1-2H3,(H2,18,19,20)(H2,21,22,23)(H2,24,25,26)(H2,27,28,29). The summed E-state index contributed by atoms with van der Waals surface area (Å²) in [6.45, 7) is 2.29. The minimum atomic E-state index is -5.89. The van der Waals surface area contributed by atoms with Crippen LogP contribution in [0.2, 0.25) is 0 Å². The van der Waals surface area contributed by atoms with Gasteiger partial charge in [-0.15, -0.1) is 0 Å². The molecule has 0 atom stereocenters. The summed E-state index contributed by atoms with van der Waals surface area (Å²) in [5.74, 6) is 0. The smallest absolute Gasteiger partial charge is 0.323 e. The van der Waals surface area contributed by atoms with Crippen molar-refractivity contribution in [2.24, 2.45) is 0 Å². The summed E-state index contributed by atoms with van der Waals surface area (Å²) in [5.41, 5.74) is -3.13. The Labute approximate surface area is 194 Å². The van der Waals surface area contributed by atoms with Crippen LogP contribution in [0.1, 0.15) is 84.5 Å². The van der Waals surface area contributed by atoms with Crippen molar-refractivity contribution in [1.29, 1.82) is 0 Å². The summed E-state index contributed by atoms with van der Waals surface area (Å²) in [6, 6.07) is 0. The first-order valence-electron chi connectivity index (χ1n) is 10.9. The lowest BCUT2D eigenvalue weighted by Crippen LogP contribution is -2.52. The summed E-state index contributed by atoms with van der Waals surface area (Å²) in [7, 11) is -23.4. The number of hydrogen-bond donors (Lipinski definition) is 8. The molecule has 17 heteroatoms. The molecule has 0 fully saturated rings. The maximum Gasteiger partial charge on any atom is 0.358 e. The van der Waals surface area contributed by atoms with Crippen molar-refractivity contribution in [3.63, 3.8) is 0 Å². The van der Waals surface area contributed by atoms with E-state index in [1.807, 2.05) is 0 Å². The first-order valence-corrected chi connectivity index (χ1v) is 17.4. The molecule has 0 spiro atoms. The number of unbranched alkanes of at least 4 members (excludes halogenated alkanes) is 9. The molecule has 0 saturated heterocycles. The summed E-state index contributed by atoms with van der Waals surface area (Å²) in [5, 5.41) is -3.50. The fourth-order valence-electron chi connectivity index (χ4n) is 3.95. The second kappa shape index (κ2) is 13.8. The van der Waals surface area contributed by atoms with Gasteiger partial charge in [0.2, 0.25) is 10.5 Å². The molecule has 0 unspecified atom stereocenters. The Bertz CT molecular complexity index is 725. The van der Waals surface area contributed by atoms with Gasteiger partial charge in [-0.3, -0.25) is 23.2 Å². The lowest BCUT2D eigenvalue weighted by Gasteiger charge is -2.46. The zero-order chi connectivity index (χ0) is 26.1. The zero-order valence-corrected chi connectivity index (χ0v) is 22.6. The Morgan fingerprint density at radius 1 is 0.606 bits per heavy atom. The first-order chi connectivity index (χ1) is 14.9. The summed E-state index contributed by atoms with van der Waals surface area (Å²) >= 11 is 0. The van der Waals surface area contributed by atoms with Crippen LogP contribution in [0.5, 0.6) is 0 Å². The van der Waals surface area contributed by atoms with Crippen molar-refractivity contribution in [1.82, 2.24) is 4.90 Å². The van der Waals surface area contributed by atoms with Gasteiger partial charge in [0.1, 0.15) is 0 Å². The van der Waals surface area contributed by atoms with Crippen LogP contribution in [0.3, 0.4) is 0 Å². The van der Waals surface area contributed by atoms with Crippen molar-refractivity contribution in [2.45, 2.75) is 95.0 Å². The van der Waals surface area contributed by atoms with Crippen molar-refractivity contribution < 1.29 is 57.4 Å². The highest BCUT2D eigenvalue weighted by Gasteiger charge is 2.68. The molecule has 0 saturated carbocycles. The van der Waals surface area contributed by atoms with Crippen LogP contribution in [-0.4, -0.2) is 61.1 Å². The fraction of sp³-hybridized carbons (Fsp3) is 1.00. The quantitative estimate of drug-likeness (QED) is 0.0887. The van der Waals surface area contributed by atoms with Crippen molar-refractivity contribution in [2.75, 3.05) is 6.54 Å². The van der Waals surface area contributed by atoms with Crippen LogP contribution in [0.15, 0.2) is 0 Å². The van der Waals surface area contributed by atoms with Crippen LogP contribution in [-0.2, 0) is 18.3 Å². The first kappa shape index (κ1) is 33.6. The normalized spacial score (nSPS) is 14.4. The molecule has 0 rings (SSSR count). The van der Waals surface area contributed by atoms with Crippen LogP contribution >= 0.6 is 30.4 Å². The Morgan fingerprint density at radius 2 is 0.939 bits per heavy atom. The van der Waals surface area contributed by atoms with Gasteiger partial charge in [0.15, 0.2) is 0 Å². The minimum absolute atomic E-state index is 0.0795. The van der Waals surface area contributed by atoms with Crippen LogP contribution in [0.4, 0.5) is 0 Å². The van der Waals surface area contributed by atoms with Gasteiger partial charge in [-0.05, 0) is 13.0 Å². The molecule has 13 nitrogen and oxygen atoms in total. The Hall–Kier alpha value is 0.560. The molecule has 0 bridgehead atoms. The molecule has 0 aromatic heterocycles. The zero-order valence-electron chi connectivity index (χ0n) is 19.0. The Kier molecular flexibility index (Phi) is 14.0. The highest BCUT2D eigenvalue weighted by atomic mass is 31.2. The van der Waals surface area contributed by atoms with E-state index in [1.165, 1.54) is 0 Å². The van der Waals surface area contributed by atoms with Crippen molar-refractivity contribution in [3.8, 4) is 0 Å². The second-order valence-electron chi connectivity index (χ2n) is 8.10. The van der Waals surface area contributed by atoms with E-state index in [0.717, 1.165) is 51.9 Å². The molecule has 0 aliphatic heterocycles. The van der Waals surface area contributed by atoms with Crippen LogP contribution < -0.4 is 0 Å². The number of hydrogen-bond acceptors (Lipinski definition) is 5. The minimum Gasteiger partial charge on any atom is -0.323 e. The summed E-state index contributed by atoms with van der Waals surface area (Å²) in [4.78, 5) is 77.9. The molecule has 0 aromatic carbocycles. The molecule has 8 N–H and O–H groups in total. The SMILES string of the molecule is CCCCCCCCCCCCC(N(CC)C(P(=O)(O)O)P(=O)(O)O)(P(=O)(O)O)P(=O)(O)O. The van der Waals surface area contributed by atoms with Gasteiger partial charge in [0.25, 0.3) is 0 Å². The molecule has 0 aromatic rings. The van der Waals surface area contributed by atoms with E-state index < -0.39 is 53.9 Å². The maximum atomic E-state index is 12.4. The number of nitrogens with zero attached hydrogens (tertiary/aromatic N) is 1. The highest BCUT2D eigenvalue weighted by molar-refractivity contribution is 7.73. The molecule has 33 heavy (non-hydrogen) atoms. The van der Waals surface area contributed by atoms with E-state index >= 15 is 0 Å². The van der Waals surface area contributed by atoms with Crippen molar-refractivity contribution in [3.05, 3.63) is 0 Å². The largest absolute Gasteiger partial charge is 0.358 e. The average molecular weight is 561 g/mol. The van der Waals surface area contributed by atoms with Gasteiger partial charge < -0.3 is 39.1 Å². The molecule has 0 radical (unpaired) electrons. The lowest BCUT2D eigenvalue weighted by molar-refractivity contribution is 0.139. The molecule has 0 heterocycles. The Balaban J connectivity index is 5.76.